The number of fused-ring (bicyclic) bond motifs is 1. The zero-order valence-corrected chi connectivity index (χ0v) is 14.9. The number of imidazole rings is 1. The number of nitrogens with zero attached hydrogens (tertiary/aromatic N) is 3. The monoisotopic (exact) mass is 358 g/mol. The quantitative estimate of drug-likeness (QED) is 0.518. The van der Waals surface area contributed by atoms with Crippen LogP contribution in [0.2, 0.25) is 0 Å². The summed E-state index contributed by atoms with van der Waals surface area (Å²) in [7, 11) is 1.72. The molecule has 2 aromatic heterocycles. The third kappa shape index (κ3) is 3.48. The zero-order chi connectivity index (χ0) is 18.8. The summed E-state index contributed by atoms with van der Waals surface area (Å²) in [6.45, 7) is 2.04. The van der Waals surface area contributed by atoms with E-state index in [4.69, 9.17) is 0 Å². The zero-order valence-electron chi connectivity index (χ0n) is 14.9. The summed E-state index contributed by atoms with van der Waals surface area (Å²) >= 11 is 0. The van der Waals surface area contributed by atoms with Crippen LogP contribution in [0.4, 0.5) is 11.6 Å². The number of aromatic amines is 1. The number of aromatic nitrogens is 4. The van der Waals surface area contributed by atoms with Crippen molar-refractivity contribution < 1.29 is 4.79 Å². The molecule has 0 fully saturated rings. The Kier molecular flexibility index (Phi) is 4.25. The SMILES string of the molecule is CNc1ncc(C(=O)Nc2cccc(-c3nc4ccc(C)cc4[nH]3)c2)cn1. The van der Waals surface area contributed by atoms with Gasteiger partial charge in [-0.15, -0.1) is 0 Å². The minimum Gasteiger partial charge on any atom is -0.357 e. The van der Waals surface area contributed by atoms with Crippen LogP contribution in [0, 0.1) is 6.92 Å². The van der Waals surface area contributed by atoms with Crippen molar-refractivity contribution in [3.63, 3.8) is 0 Å². The summed E-state index contributed by atoms with van der Waals surface area (Å²) in [5, 5.41) is 5.69. The molecule has 4 aromatic rings. The first-order chi connectivity index (χ1) is 13.1. The summed E-state index contributed by atoms with van der Waals surface area (Å²) in [5.41, 5.74) is 5.02. The van der Waals surface area contributed by atoms with Crippen LogP contribution in [-0.4, -0.2) is 32.9 Å². The standard InChI is InChI=1S/C20H18N6O/c1-12-6-7-16-17(8-12)26-18(25-16)13-4-3-5-15(9-13)24-19(27)14-10-22-20(21-2)23-11-14/h3-11H,1-2H3,(H,24,27)(H,25,26)(H,21,22,23). The Morgan fingerprint density at radius 3 is 2.67 bits per heavy atom. The molecular weight excluding hydrogens is 340 g/mol. The van der Waals surface area contributed by atoms with Gasteiger partial charge in [-0.2, -0.15) is 0 Å². The molecule has 2 aromatic carbocycles. The lowest BCUT2D eigenvalue weighted by Gasteiger charge is -2.06. The number of H-pyrrole nitrogens is 1. The van der Waals surface area contributed by atoms with Crippen molar-refractivity contribution in [3.8, 4) is 11.4 Å². The molecule has 0 saturated heterocycles. The highest BCUT2D eigenvalue weighted by Crippen LogP contribution is 2.24. The Balaban J connectivity index is 1.58. The van der Waals surface area contributed by atoms with E-state index in [1.54, 1.807) is 7.05 Å². The molecule has 0 radical (unpaired) electrons. The van der Waals surface area contributed by atoms with E-state index in [1.807, 2.05) is 43.3 Å². The summed E-state index contributed by atoms with van der Waals surface area (Å²) in [6, 6.07) is 13.6. The maximum atomic E-state index is 12.4. The third-order valence-corrected chi connectivity index (χ3v) is 4.17. The number of amides is 1. The molecule has 4 rings (SSSR count). The highest BCUT2D eigenvalue weighted by Gasteiger charge is 2.10. The summed E-state index contributed by atoms with van der Waals surface area (Å²) in [6.07, 6.45) is 2.97. The number of hydrogen-bond donors (Lipinski definition) is 3. The van der Waals surface area contributed by atoms with Gasteiger partial charge in [0.1, 0.15) is 5.82 Å². The van der Waals surface area contributed by atoms with Crippen LogP contribution in [-0.2, 0) is 0 Å². The number of aryl methyl sites for hydroxylation is 1. The predicted molar refractivity (Wildman–Crippen MR) is 106 cm³/mol. The molecule has 0 spiro atoms. The fourth-order valence-electron chi connectivity index (χ4n) is 2.78. The lowest BCUT2D eigenvalue weighted by molar-refractivity contribution is 0.102. The van der Waals surface area contributed by atoms with Crippen LogP contribution >= 0.6 is 0 Å². The third-order valence-electron chi connectivity index (χ3n) is 4.17. The molecule has 1 amide bonds. The van der Waals surface area contributed by atoms with Crippen molar-refractivity contribution in [2.45, 2.75) is 6.92 Å². The molecule has 7 heteroatoms. The van der Waals surface area contributed by atoms with E-state index >= 15 is 0 Å². The van der Waals surface area contributed by atoms with Crippen LogP contribution in [0.15, 0.2) is 54.9 Å². The van der Waals surface area contributed by atoms with Crippen LogP contribution < -0.4 is 10.6 Å². The average molecular weight is 358 g/mol. The molecule has 0 atom stereocenters. The number of carbonyl (C=O) groups excluding carboxylic acids is 1. The number of rotatable bonds is 4. The molecule has 0 aliphatic carbocycles. The Hall–Kier alpha value is -3.74. The van der Waals surface area contributed by atoms with Gasteiger partial charge in [0.15, 0.2) is 0 Å². The Bertz CT molecular complexity index is 1120. The summed E-state index contributed by atoms with van der Waals surface area (Å²) in [4.78, 5) is 28.5. The van der Waals surface area contributed by atoms with Crippen LogP contribution in [0.5, 0.6) is 0 Å². The van der Waals surface area contributed by atoms with Gasteiger partial charge in [-0.05, 0) is 36.8 Å². The fourth-order valence-corrected chi connectivity index (χ4v) is 2.78. The Morgan fingerprint density at radius 2 is 1.89 bits per heavy atom. The second-order valence-corrected chi connectivity index (χ2v) is 6.19. The Morgan fingerprint density at radius 1 is 1.07 bits per heavy atom. The number of hydrogen-bond acceptors (Lipinski definition) is 5. The van der Waals surface area contributed by atoms with E-state index < -0.39 is 0 Å². The van der Waals surface area contributed by atoms with Gasteiger partial charge in [-0.3, -0.25) is 4.79 Å². The lowest BCUT2D eigenvalue weighted by atomic mass is 10.2. The minimum absolute atomic E-state index is 0.268. The van der Waals surface area contributed by atoms with E-state index in [1.165, 1.54) is 18.0 Å². The molecule has 134 valence electrons. The van der Waals surface area contributed by atoms with Crippen LogP contribution in [0.1, 0.15) is 15.9 Å². The van der Waals surface area contributed by atoms with E-state index in [2.05, 4.69) is 36.6 Å². The first-order valence-electron chi connectivity index (χ1n) is 8.50. The Labute approximate surface area is 155 Å². The maximum absolute atomic E-state index is 12.4. The highest BCUT2D eigenvalue weighted by atomic mass is 16.1. The van der Waals surface area contributed by atoms with E-state index in [0.717, 1.165) is 22.4 Å². The molecule has 27 heavy (non-hydrogen) atoms. The predicted octanol–water partition coefficient (Wildman–Crippen LogP) is 3.62. The molecule has 0 unspecified atom stereocenters. The van der Waals surface area contributed by atoms with Crippen LogP contribution in [0.25, 0.3) is 22.4 Å². The molecule has 2 heterocycles. The van der Waals surface area contributed by atoms with E-state index in [9.17, 15) is 4.79 Å². The van der Waals surface area contributed by atoms with Gasteiger partial charge in [0.05, 0.1) is 16.6 Å². The number of anilines is 2. The molecule has 0 saturated carbocycles. The van der Waals surface area contributed by atoms with Gasteiger partial charge in [0.2, 0.25) is 5.95 Å². The highest BCUT2D eigenvalue weighted by molar-refractivity contribution is 6.04. The normalized spacial score (nSPS) is 10.7. The molecule has 0 aliphatic heterocycles. The minimum atomic E-state index is -0.268. The van der Waals surface area contributed by atoms with Gasteiger partial charge in [-0.1, -0.05) is 18.2 Å². The lowest BCUT2D eigenvalue weighted by Crippen LogP contribution is -2.13. The van der Waals surface area contributed by atoms with Crippen molar-refractivity contribution in [1.29, 1.82) is 0 Å². The van der Waals surface area contributed by atoms with Gasteiger partial charge < -0.3 is 15.6 Å². The number of benzene rings is 2. The first kappa shape index (κ1) is 16.7. The second-order valence-electron chi connectivity index (χ2n) is 6.19. The molecule has 0 aliphatic rings. The molecule has 7 nitrogen and oxygen atoms in total. The van der Waals surface area contributed by atoms with E-state index in [-0.39, 0.29) is 5.91 Å². The van der Waals surface area contributed by atoms with Crippen molar-refractivity contribution in [3.05, 3.63) is 66.0 Å². The molecular formula is C20H18N6O. The average Bonchev–Trinajstić information content (AvgIpc) is 3.11. The number of nitrogens with one attached hydrogen (secondary N) is 3. The second kappa shape index (κ2) is 6.87. The smallest absolute Gasteiger partial charge is 0.258 e. The number of carbonyl (C=O) groups is 1. The van der Waals surface area contributed by atoms with Gasteiger partial charge in [-0.25, -0.2) is 15.0 Å². The fraction of sp³-hybridized carbons (Fsp3) is 0.100. The molecule has 3 N–H and O–H groups in total. The van der Waals surface area contributed by atoms with Crippen molar-refractivity contribution in [1.82, 2.24) is 19.9 Å². The van der Waals surface area contributed by atoms with Crippen molar-refractivity contribution in [2.24, 2.45) is 0 Å². The van der Waals surface area contributed by atoms with Gasteiger partial charge in [0.25, 0.3) is 5.91 Å². The summed E-state index contributed by atoms with van der Waals surface area (Å²) in [5.74, 6) is 0.956. The van der Waals surface area contributed by atoms with E-state index in [0.29, 0.717) is 17.2 Å². The maximum Gasteiger partial charge on any atom is 0.258 e. The topological polar surface area (TPSA) is 95.6 Å². The first-order valence-corrected chi connectivity index (χ1v) is 8.50. The van der Waals surface area contributed by atoms with Gasteiger partial charge >= 0.3 is 0 Å². The van der Waals surface area contributed by atoms with Crippen LogP contribution in [0.3, 0.4) is 0 Å². The molecule has 0 bridgehead atoms. The summed E-state index contributed by atoms with van der Waals surface area (Å²) < 4.78 is 0. The van der Waals surface area contributed by atoms with Crippen molar-refractivity contribution in [2.75, 3.05) is 17.7 Å². The largest absolute Gasteiger partial charge is 0.357 e. The van der Waals surface area contributed by atoms with Crippen molar-refractivity contribution >= 4 is 28.6 Å². The van der Waals surface area contributed by atoms with Gasteiger partial charge in [0, 0.05) is 30.7 Å².